The summed E-state index contributed by atoms with van der Waals surface area (Å²) >= 11 is 0. The van der Waals surface area contributed by atoms with Crippen molar-refractivity contribution < 1.29 is 13.9 Å². The average Bonchev–Trinajstić information content (AvgIpc) is 2.69. The fourth-order valence-electron chi connectivity index (χ4n) is 2.21. The normalized spacial score (nSPS) is 21.3. The number of ether oxygens (including phenoxy) is 1. The number of carbonyl (C=O) groups is 1. The quantitative estimate of drug-likeness (QED) is 0.823. The number of anilines is 1. The lowest BCUT2D eigenvalue weighted by atomic mass is 10.1. The number of nitrogen functional groups attached to an aromatic ring is 1. The molecule has 1 atom stereocenters. The van der Waals surface area contributed by atoms with E-state index in [-0.39, 0.29) is 23.3 Å². The Morgan fingerprint density at radius 2 is 2.32 bits per heavy atom. The Labute approximate surface area is 112 Å². The van der Waals surface area contributed by atoms with E-state index in [1.54, 1.807) is 0 Å². The molecule has 0 radical (unpaired) electrons. The first-order valence-corrected chi connectivity index (χ1v) is 6.38. The van der Waals surface area contributed by atoms with Gasteiger partial charge in [0.05, 0.1) is 17.4 Å². The molecule has 1 aliphatic rings. The highest BCUT2D eigenvalue weighted by atomic mass is 19.1. The van der Waals surface area contributed by atoms with Crippen LogP contribution < -0.4 is 11.1 Å². The monoisotopic (exact) mass is 266 g/mol. The number of halogens is 1. The van der Waals surface area contributed by atoms with Gasteiger partial charge in [-0.15, -0.1) is 0 Å². The molecule has 1 heterocycles. The average molecular weight is 266 g/mol. The molecule has 5 heteroatoms. The van der Waals surface area contributed by atoms with Crippen molar-refractivity contribution >= 4 is 11.6 Å². The summed E-state index contributed by atoms with van der Waals surface area (Å²) in [6.07, 6.45) is 1.95. The highest BCUT2D eigenvalue weighted by Gasteiger charge is 2.31. The largest absolute Gasteiger partial charge is 0.396 e. The van der Waals surface area contributed by atoms with Gasteiger partial charge in [-0.25, -0.2) is 4.39 Å². The Hall–Kier alpha value is -1.62. The molecule has 1 fully saturated rings. The molecule has 1 aromatic carbocycles. The molecule has 4 nitrogen and oxygen atoms in total. The van der Waals surface area contributed by atoms with Crippen LogP contribution in [0.2, 0.25) is 0 Å². The first kappa shape index (κ1) is 13.8. The van der Waals surface area contributed by atoms with Gasteiger partial charge in [0.15, 0.2) is 0 Å². The van der Waals surface area contributed by atoms with Gasteiger partial charge in [0, 0.05) is 12.1 Å². The van der Waals surface area contributed by atoms with E-state index in [1.807, 2.05) is 13.8 Å². The zero-order chi connectivity index (χ0) is 14.0. The van der Waals surface area contributed by atoms with Crippen LogP contribution >= 0.6 is 0 Å². The molecule has 19 heavy (non-hydrogen) atoms. The molecule has 0 aromatic heterocycles. The minimum absolute atomic E-state index is 0.0223. The van der Waals surface area contributed by atoms with Gasteiger partial charge < -0.3 is 15.8 Å². The summed E-state index contributed by atoms with van der Waals surface area (Å²) in [5, 5.41) is 2.78. The molecule has 1 aliphatic heterocycles. The fourth-order valence-corrected chi connectivity index (χ4v) is 2.21. The minimum atomic E-state index is -0.516. The van der Waals surface area contributed by atoms with Crippen LogP contribution in [0.25, 0.3) is 0 Å². The smallest absolute Gasteiger partial charge is 0.251 e. The van der Waals surface area contributed by atoms with Crippen molar-refractivity contribution in [1.29, 1.82) is 0 Å². The first-order valence-electron chi connectivity index (χ1n) is 6.38. The second kappa shape index (κ2) is 5.17. The van der Waals surface area contributed by atoms with Gasteiger partial charge in [0.25, 0.3) is 5.91 Å². The van der Waals surface area contributed by atoms with Crippen molar-refractivity contribution in [2.75, 3.05) is 12.3 Å². The molecule has 0 aliphatic carbocycles. The Bertz CT molecular complexity index is 488. The third-order valence-electron chi connectivity index (χ3n) is 3.30. The van der Waals surface area contributed by atoms with Gasteiger partial charge in [0.2, 0.25) is 0 Å². The van der Waals surface area contributed by atoms with Gasteiger partial charge >= 0.3 is 0 Å². The Morgan fingerprint density at radius 1 is 1.58 bits per heavy atom. The first-order chi connectivity index (χ1) is 8.87. The van der Waals surface area contributed by atoms with Crippen molar-refractivity contribution in [2.45, 2.75) is 38.4 Å². The van der Waals surface area contributed by atoms with E-state index in [0.717, 1.165) is 12.8 Å². The van der Waals surface area contributed by atoms with Gasteiger partial charge in [0.1, 0.15) is 5.82 Å². The SMILES string of the molecule is CC1(C)CC[C@@H](CNC(=O)c2ccc(F)c(N)c2)O1. The number of amides is 1. The Kier molecular flexibility index (Phi) is 3.75. The number of hydrogen-bond donors (Lipinski definition) is 2. The summed E-state index contributed by atoms with van der Waals surface area (Å²) in [5.74, 6) is -0.780. The lowest BCUT2D eigenvalue weighted by Crippen LogP contribution is -2.33. The van der Waals surface area contributed by atoms with Crippen LogP contribution in [0.4, 0.5) is 10.1 Å². The summed E-state index contributed by atoms with van der Waals surface area (Å²) in [4.78, 5) is 11.9. The van der Waals surface area contributed by atoms with Crippen molar-refractivity contribution in [3.8, 4) is 0 Å². The van der Waals surface area contributed by atoms with Crippen LogP contribution in [-0.2, 0) is 4.74 Å². The number of nitrogens with two attached hydrogens (primary N) is 1. The molecule has 0 bridgehead atoms. The van der Waals surface area contributed by atoms with Gasteiger partial charge in [-0.05, 0) is 44.9 Å². The molecule has 0 unspecified atom stereocenters. The zero-order valence-electron chi connectivity index (χ0n) is 11.2. The summed E-state index contributed by atoms with van der Waals surface area (Å²) in [6, 6.07) is 3.95. The van der Waals surface area contributed by atoms with Crippen LogP contribution in [0.3, 0.4) is 0 Å². The van der Waals surface area contributed by atoms with Gasteiger partial charge in [-0.1, -0.05) is 0 Å². The van der Waals surface area contributed by atoms with E-state index in [4.69, 9.17) is 10.5 Å². The summed E-state index contributed by atoms with van der Waals surface area (Å²) in [6.45, 7) is 4.53. The predicted molar refractivity (Wildman–Crippen MR) is 71.3 cm³/mol. The van der Waals surface area contributed by atoms with Crippen molar-refractivity contribution in [3.63, 3.8) is 0 Å². The van der Waals surface area contributed by atoms with E-state index >= 15 is 0 Å². The van der Waals surface area contributed by atoms with Crippen molar-refractivity contribution in [2.24, 2.45) is 0 Å². The van der Waals surface area contributed by atoms with Crippen LogP contribution in [0, 0.1) is 5.82 Å². The molecule has 0 spiro atoms. The van der Waals surface area contributed by atoms with E-state index in [9.17, 15) is 9.18 Å². The summed E-state index contributed by atoms with van der Waals surface area (Å²) in [7, 11) is 0. The van der Waals surface area contributed by atoms with Crippen LogP contribution in [0.5, 0.6) is 0 Å². The molecule has 3 N–H and O–H groups in total. The van der Waals surface area contributed by atoms with Gasteiger partial charge in [-0.2, -0.15) is 0 Å². The topological polar surface area (TPSA) is 64.4 Å². The fraction of sp³-hybridized carbons (Fsp3) is 0.500. The number of carbonyl (C=O) groups excluding carboxylic acids is 1. The minimum Gasteiger partial charge on any atom is -0.396 e. The summed E-state index contributed by atoms with van der Waals surface area (Å²) < 4.78 is 18.8. The highest BCUT2D eigenvalue weighted by Crippen LogP contribution is 2.28. The van der Waals surface area contributed by atoms with Crippen molar-refractivity contribution in [1.82, 2.24) is 5.32 Å². The van der Waals surface area contributed by atoms with E-state index in [2.05, 4.69) is 5.32 Å². The maximum absolute atomic E-state index is 13.0. The predicted octanol–water partition coefficient (Wildman–Crippen LogP) is 2.10. The lowest BCUT2D eigenvalue weighted by molar-refractivity contribution is -0.0138. The van der Waals surface area contributed by atoms with Crippen LogP contribution in [0.1, 0.15) is 37.0 Å². The third-order valence-corrected chi connectivity index (χ3v) is 3.30. The second-order valence-corrected chi connectivity index (χ2v) is 5.48. The Morgan fingerprint density at radius 3 is 2.89 bits per heavy atom. The number of nitrogens with one attached hydrogen (secondary N) is 1. The third kappa shape index (κ3) is 3.44. The number of hydrogen-bond acceptors (Lipinski definition) is 3. The summed E-state index contributed by atoms with van der Waals surface area (Å²) in [5.41, 5.74) is 5.65. The maximum Gasteiger partial charge on any atom is 0.251 e. The number of benzene rings is 1. The maximum atomic E-state index is 13.0. The number of rotatable bonds is 3. The van der Waals surface area contributed by atoms with Crippen LogP contribution in [-0.4, -0.2) is 24.2 Å². The zero-order valence-corrected chi connectivity index (χ0v) is 11.2. The highest BCUT2D eigenvalue weighted by molar-refractivity contribution is 5.95. The van der Waals surface area contributed by atoms with E-state index < -0.39 is 5.82 Å². The van der Waals surface area contributed by atoms with Gasteiger partial charge in [-0.3, -0.25) is 4.79 Å². The molecule has 0 saturated carbocycles. The molecular weight excluding hydrogens is 247 g/mol. The molecule has 1 saturated heterocycles. The molecule has 1 aromatic rings. The second-order valence-electron chi connectivity index (χ2n) is 5.48. The van der Waals surface area contributed by atoms with E-state index in [1.165, 1.54) is 18.2 Å². The van der Waals surface area contributed by atoms with Crippen molar-refractivity contribution in [3.05, 3.63) is 29.6 Å². The molecule has 1 amide bonds. The standard InChI is InChI=1S/C14H19FN2O2/c1-14(2)6-5-10(19-14)8-17-13(18)9-3-4-11(15)12(16)7-9/h3-4,7,10H,5-6,8,16H2,1-2H3,(H,17,18)/t10-/m0/s1. The lowest BCUT2D eigenvalue weighted by Gasteiger charge is -2.19. The Balaban J connectivity index is 1.89. The van der Waals surface area contributed by atoms with Crippen LogP contribution in [0.15, 0.2) is 18.2 Å². The molecular formula is C14H19FN2O2. The molecule has 104 valence electrons. The molecule has 2 rings (SSSR count). The van der Waals surface area contributed by atoms with E-state index in [0.29, 0.717) is 12.1 Å².